The van der Waals surface area contributed by atoms with Crippen LogP contribution in [-0.2, 0) is 11.8 Å². The summed E-state index contributed by atoms with van der Waals surface area (Å²) in [5.74, 6) is 2.09. The van der Waals surface area contributed by atoms with E-state index in [0.717, 1.165) is 36.7 Å². The minimum absolute atomic E-state index is 0.215. The van der Waals surface area contributed by atoms with Gasteiger partial charge in [-0.05, 0) is 37.2 Å². The average Bonchev–Trinajstić information content (AvgIpc) is 2.93. The molecule has 7 heteroatoms. The summed E-state index contributed by atoms with van der Waals surface area (Å²) < 4.78 is 2.58. The highest BCUT2D eigenvalue weighted by Gasteiger charge is 2.26. The fourth-order valence-corrected chi connectivity index (χ4v) is 3.83. The molecular formula is C16H20N4OS2. The van der Waals surface area contributed by atoms with Gasteiger partial charge in [0.25, 0.3) is 0 Å². The summed E-state index contributed by atoms with van der Waals surface area (Å²) in [5.41, 5.74) is 0. The number of amides is 1. The molecule has 1 amide bonds. The first-order chi connectivity index (χ1) is 11.1. The number of rotatable bonds is 4. The number of aromatic amines is 1. The average molecular weight is 348 g/mol. The summed E-state index contributed by atoms with van der Waals surface area (Å²) in [6, 6.07) is 10.0. The lowest BCUT2D eigenvalue weighted by Crippen LogP contribution is -2.39. The van der Waals surface area contributed by atoms with Crippen molar-refractivity contribution in [1.29, 1.82) is 0 Å². The molecule has 122 valence electrons. The predicted molar refractivity (Wildman–Crippen MR) is 94.1 cm³/mol. The maximum atomic E-state index is 12.3. The van der Waals surface area contributed by atoms with Gasteiger partial charge in [0.05, 0.1) is 5.75 Å². The van der Waals surface area contributed by atoms with Gasteiger partial charge in [-0.1, -0.05) is 18.2 Å². The predicted octanol–water partition coefficient (Wildman–Crippen LogP) is 2.98. The number of nitrogens with one attached hydrogen (secondary N) is 1. The number of benzene rings is 1. The van der Waals surface area contributed by atoms with Crippen molar-refractivity contribution in [2.75, 3.05) is 18.8 Å². The van der Waals surface area contributed by atoms with E-state index < -0.39 is 0 Å². The molecule has 2 aromatic rings. The highest BCUT2D eigenvalue weighted by atomic mass is 32.2. The zero-order chi connectivity index (χ0) is 16.2. The number of piperidine rings is 1. The Morgan fingerprint density at radius 2 is 2.04 bits per heavy atom. The van der Waals surface area contributed by atoms with Crippen LogP contribution >= 0.6 is 24.0 Å². The van der Waals surface area contributed by atoms with Crippen molar-refractivity contribution in [3.63, 3.8) is 0 Å². The van der Waals surface area contributed by atoms with Gasteiger partial charge in [-0.2, -0.15) is 5.10 Å². The zero-order valence-corrected chi connectivity index (χ0v) is 14.7. The molecule has 0 bridgehead atoms. The van der Waals surface area contributed by atoms with Crippen molar-refractivity contribution in [1.82, 2.24) is 19.7 Å². The fourth-order valence-electron chi connectivity index (χ4n) is 2.86. The number of H-pyrrole nitrogens is 1. The molecule has 3 rings (SSSR count). The van der Waals surface area contributed by atoms with Gasteiger partial charge in [-0.25, -0.2) is 0 Å². The molecule has 1 aliphatic rings. The molecule has 0 spiro atoms. The van der Waals surface area contributed by atoms with Crippen molar-refractivity contribution < 1.29 is 4.79 Å². The second-order valence-electron chi connectivity index (χ2n) is 5.70. The van der Waals surface area contributed by atoms with Gasteiger partial charge in [0, 0.05) is 31.0 Å². The van der Waals surface area contributed by atoms with E-state index in [1.165, 1.54) is 0 Å². The summed E-state index contributed by atoms with van der Waals surface area (Å²) in [4.78, 5) is 15.4. The highest BCUT2D eigenvalue weighted by molar-refractivity contribution is 8.00. The van der Waals surface area contributed by atoms with E-state index >= 15 is 0 Å². The maximum Gasteiger partial charge on any atom is 0.232 e. The molecule has 1 aromatic carbocycles. The molecule has 0 radical (unpaired) electrons. The molecule has 1 aliphatic heterocycles. The van der Waals surface area contributed by atoms with Gasteiger partial charge in [0.15, 0.2) is 4.77 Å². The molecule has 23 heavy (non-hydrogen) atoms. The fraction of sp³-hybridized carbons (Fsp3) is 0.438. The smallest absolute Gasteiger partial charge is 0.232 e. The van der Waals surface area contributed by atoms with E-state index in [1.54, 1.807) is 11.8 Å². The standard InChI is InChI=1S/C16H20N4OS2/c1-19-15(17-18-16(19)22)12-7-9-20(10-8-12)14(21)11-23-13-5-3-2-4-6-13/h2-6,12H,7-11H2,1H3,(H,18,22). The normalized spacial score (nSPS) is 15.8. The van der Waals surface area contributed by atoms with Crippen LogP contribution in [0.4, 0.5) is 0 Å². The van der Waals surface area contributed by atoms with Gasteiger partial charge in [0.1, 0.15) is 5.82 Å². The third-order valence-corrected chi connectivity index (χ3v) is 5.59. The Bertz CT molecular complexity index is 717. The van der Waals surface area contributed by atoms with Crippen LogP contribution in [0.15, 0.2) is 35.2 Å². The van der Waals surface area contributed by atoms with Crippen LogP contribution in [0, 0.1) is 4.77 Å². The molecule has 0 unspecified atom stereocenters. The van der Waals surface area contributed by atoms with Crippen LogP contribution < -0.4 is 0 Å². The van der Waals surface area contributed by atoms with E-state index in [4.69, 9.17) is 12.2 Å². The Morgan fingerprint density at radius 3 is 2.65 bits per heavy atom. The second-order valence-corrected chi connectivity index (χ2v) is 7.14. The minimum atomic E-state index is 0.215. The number of hydrogen-bond acceptors (Lipinski definition) is 4. The molecule has 1 fully saturated rings. The quantitative estimate of drug-likeness (QED) is 0.682. The van der Waals surface area contributed by atoms with Crippen molar-refractivity contribution in [2.45, 2.75) is 23.7 Å². The van der Waals surface area contributed by atoms with Crippen LogP contribution in [0.1, 0.15) is 24.6 Å². The van der Waals surface area contributed by atoms with Crippen molar-refractivity contribution in [2.24, 2.45) is 7.05 Å². The molecule has 1 N–H and O–H groups in total. The molecule has 1 saturated heterocycles. The third kappa shape index (κ3) is 3.84. The Balaban J connectivity index is 1.51. The van der Waals surface area contributed by atoms with Crippen LogP contribution in [0.5, 0.6) is 0 Å². The van der Waals surface area contributed by atoms with Crippen LogP contribution in [-0.4, -0.2) is 44.4 Å². The Kier molecular flexibility index (Phi) is 5.17. The second kappa shape index (κ2) is 7.31. The van der Waals surface area contributed by atoms with Crippen LogP contribution in [0.2, 0.25) is 0 Å². The number of thioether (sulfide) groups is 1. The maximum absolute atomic E-state index is 12.3. The monoisotopic (exact) mass is 348 g/mol. The topological polar surface area (TPSA) is 53.9 Å². The highest BCUT2D eigenvalue weighted by Crippen LogP contribution is 2.27. The lowest BCUT2D eigenvalue weighted by atomic mass is 9.96. The Morgan fingerprint density at radius 1 is 1.35 bits per heavy atom. The zero-order valence-electron chi connectivity index (χ0n) is 13.1. The van der Waals surface area contributed by atoms with Crippen molar-refractivity contribution in [3.05, 3.63) is 40.9 Å². The SMILES string of the molecule is Cn1c(C2CCN(C(=O)CSc3ccccc3)CC2)n[nH]c1=S. The number of aromatic nitrogens is 3. The van der Waals surface area contributed by atoms with Gasteiger partial charge in [-0.3, -0.25) is 9.89 Å². The van der Waals surface area contributed by atoms with E-state index in [2.05, 4.69) is 10.2 Å². The molecule has 0 aliphatic carbocycles. The van der Waals surface area contributed by atoms with Gasteiger partial charge in [-0.15, -0.1) is 11.8 Å². The molecule has 2 heterocycles. The lowest BCUT2D eigenvalue weighted by molar-refractivity contribution is -0.129. The van der Waals surface area contributed by atoms with E-state index in [-0.39, 0.29) is 5.91 Å². The Hall–Kier alpha value is -1.60. The molecular weight excluding hydrogens is 328 g/mol. The first kappa shape index (κ1) is 16.3. The summed E-state index contributed by atoms with van der Waals surface area (Å²) in [6.07, 6.45) is 1.88. The molecule has 0 atom stereocenters. The number of carbonyl (C=O) groups excluding carboxylic acids is 1. The van der Waals surface area contributed by atoms with E-state index in [0.29, 0.717) is 16.4 Å². The number of hydrogen-bond donors (Lipinski definition) is 1. The summed E-state index contributed by atoms with van der Waals surface area (Å²) in [7, 11) is 1.94. The minimum Gasteiger partial charge on any atom is -0.342 e. The number of carbonyl (C=O) groups is 1. The summed E-state index contributed by atoms with van der Waals surface area (Å²) in [5, 5.41) is 7.16. The van der Waals surface area contributed by atoms with Crippen molar-refractivity contribution in [3.8, 4) is 0 Å². The first-order valence-electron chi connectivity index (χ1n) is 7.72. The first-order valence-corrected chi connectivity index (χ1v) is 9.11. The summed E-state index contributed by atoms with van der Waals surface area (Å²) in [6.45, 7) is 1.58. The lowest BCUT2D eigenvalue weighted by Gasteiger charge is -2.31. The van der Waals surface area contributed by atoms with E-state index in [1.807, 2.05) is 46.8 Å². The molecule has 5 nitrogen and oxygen atoms in total. The Labute approximate surface area is 145 Å². The van der Waals surface area contributed by atoms with Gasteiger partial charge in [0.2, 0.25) is 5.91 Å². The van der Waals surface area contributed by atoms with Gasteiger partial charge >= 0.3 is 0 Å². The van der Waals surface area contributed by atoms with E-state index in [9.17, 15) is 4.79 Å². The summed E-state index contributed by atoms with van der Waals surface area (Å²) >= 11 is 6.77. The van der Waals surface area contributed by atoms with Gasteiger partial charge < -0.3 is 9.47 Å². The largest absolute Gasteiger partial charge is 0.342 e. The third-order valence-electron chi connectivity index (χ3n) is 4.23. The number of nitrogens with zero attached hydrogens (tertiary/aromatic N) is 3. The van der Waals surface area contributed by atoms with Crippen LogP contribution in [0.3, 0.4) is 0 Å². The van der Waals surface area contributed by atoms with Crippen LogP contribution in [0.25, 0.3) is 0 Å². The number of likely N-dealkylation sites (tertiary alicyclic amines) is 1. The van der Waals surface area contributed by atoms with Crippen molar-refractivity contribution >= 4 is 29.9 Å². The molecule has 0 saturated carbocycles. The molecule has 1 aromatic heterocycles.